The molecule has 19 heavy (non-hydrogen) atoms. The van der Waals surface area contributed by atoms with Crippen molar-refractivity contribution in [1.82, 2.24) is 9.97 Å². The number of thioether (sulfide) groups is 1. The van der Waals surface area contributed by atoms with Gasteiger partial charge in [0.2, 0.25) is 0 Å². The lowest BCUT2D eigenvalue weighted by atomic mass is 10.1. The Kier molecular flexibility index (Phi) is 3.08. The number of aromatic amines is 1. The van der Waals surface area contributed by atoms with E-state index in [-0.39, 0.29) is 5.41 Å². The van der Waals surface area contributed by atoms with Crippen molar-refractivity contribution in [3.8, 4) is 17.3 Å². The Bertz CT molecular complexity index is 618. The fourth-order valence-electron chi connectivity index (χ4n) is 2.14. The summed E-state index contributed by atoms with van der Waals surface area (Å²) in [6, 6.07) is 10.8. The molecule has 1 aliphatic carbocycles. The van der Waals surface area contributed by atoms with Crippen LogP contribution in [0.2, 0.25) is 0 Å². The Hall–Kier alpha value is -1.73. The maximum atomic E-state index is 9.17. The summed E-state index contributed by atoms with van der Waals surface area (Å²) in [4.78, 5) is 8.95. The monoisotopic (exact) mass is 269 g/mol. The quantitative estimate of drug-likeness (QED) is 0.860. The molecule has 0 unspecified atom stereocenters. The average molecular weight is 269 g/mol. The third kappa shape index (κ3) is 2.26. The van der Waals surface area contributed by atoms with E-state index in [1.54, 1.807) is 0 Å². The van der Waals surface area contributed by atoms with Crippen LogP contribution in [0.25, 0.3) is 11.3 Å². The summed E-state index contributed by atoms with van der Waals surface area (Å²) >= 11 is 1.83. The van der Waals surface area contributed by atoms with E-state index in [1.165, 1.54) is 4.90 Å². The van der Waals surface area contributed by atoms with Gasteiger partial charge in [0.05, 0.1) is 18.0 Å². The summed E-state index contributed by atoms with van der Waals surface area (Å²) < 4.78 is 0. The SMILES string of the molecule is CCSc1ccc(-c2cnc(C3(C#N)CC3)[nH]2)cc1. The fraction of sp³-hybridized carbons (Fsp3) is 0.333. The first-order valence-electron chi connectivity index (χ1n) is 6.47. The van der Waals surface area contributed by atoms with Crippen LogP contribution in [0, 0.1) is 11.3 Å². The molecule has 0 atom stereocenters. The van der Waals surface area contributed by atoms with Crippen LogP contribution in [-0.2, 0) is 5.41 Å². The van der Waals surface area contributed by atoms with E-state index in [9.17, 15) is 5.26 Å². The van der Waals surface area contributed by atoms with Gasteiger partial charge in [0.15, 0.2) is 0 Å². The van der Waals surface area contributed by atoms with Crippen LogP contribution in [-0.4, -0.2) is 15.7 Å². The summed E-state index contributed by atoms with van der Waals surface area (Å²) in [6.07, 6.45) is 3.67. The Morgan fingerprint density at radius 2 is 2.11 bits per heavy atom. The second kappa shape index (κ2) is 4.75. The van der Waals surface area contributed by atoms with Gasteiger partial charge in [-0.05, 0) is 36.3 Å². The van der Waals surface area contributed by atoms with Crippen molar-refractivity contribution in [3.63, 3.8) is 0 Å². The molecule has 1 aromatic heterocycles. The molecule has 0 radical (unpaired) electrons. The number of rotatable bonds is 4. The maximum Gasteiger partial charge on any atom is 0.127 e. The van der Waals surface area contributed by atoms with Gasteiger partial charge in [-0.3, -0.25) is 0 Å². The summed E-state index contributed by atoms with van der Waals surface area (Å²) in [5.74, 6) is 1.90. The van der Waals surface area contributed by atoms with E-state index >= 15 is 0 Å². The molecular weight excluding hydrogens is 254 g/mol. The predicted molar refractivity (Wildman–Crippen MR) is 76.9 cm³/mol. The molecule has 1 N–H and O–H groups in total. The van der Waals surface area contributed by atoms with Gasteiger partial charge in [-0.25, -0.2) is 4.98 Å². The third-order valence-corrected chi connectivity index (χ3v) is 4.36. The molecule has 96 valence electrons. The standard InChI is InChI=1S/C15H15N3S/c1-2-19-12-5-3-11(4-6-12)13-9-17-14(18-13)15(10-16)7-8-15/h3-6,9H,2,7-8H2,1H3,(H,17,18). The van der Waals surface area contributed by atoms with Gasteiger partial charge in [-0.2, -0.15) is 5.26 Å². The number of hydrogen-bond acceptors (Lipinski definition) is 3. The molecule has 0 saturated heterocycles. The molecule has 0 bridgehead atoms. The number of aromatic nitrogens is 2. The van der Waals surface area contributed by atoms with Gasteiger partial charge in [0.25, 0.3) is 0 Å². The zero-order valence-electron chi connectivity index (χ0n) is 10.8. The average Bonchev–Trinajstić information content (AvgIpc) is 3.09. The minimum absolute atomic E-state index is 0.337. The van der Waals surface area contributed by atoms with Crippen LogP contribution in [0.5, 0.6) is 0 Å². The fourth-order valence-corrected chi connectivity index (χ4v) is 2.80. The lowest BCUT2D eigenvalue weighted by molar-refractivity contribution is 0.822. The summed E-state index contributed by atoms with van der Waals surface area (Å²) in [5, 5.41) is 9.17. The van der Waals surface area contributed by atoms with E-state index in [0.717, 1.165) is 35.7 Å². The van der Waals surface area contributed by atoms with Gasteiger partial charge in [-0.15, -0.1) is 11.8 Å². The second-order valence-corrected chi connectivity index (χ2v) is 6.13. The van der Waals surface area contributed by atoms with E-state index in [2.05, 4.69) is 47.2 Å². The summed E-state index contributed by atoms with van der Waals surface area (Å²) in [7, 11) is 0. The largest absolute Gasteiger partial charge is 0.341 e. The molecule has 0 amide bonds. The highest BCUT2D eigenvalue weighted by atomic mass is 32.2. The Morgan fingerprint density at radius 1 is 1.37 bits per heavy atom. The molecule has 1 fully saturated rings. The molecule has 3 nitrogen and oxygen atoms in total. The minimum Gasteiger partial charge on any atom is -0.341 e. The molecule has 4 heteroatoms. The van der Waals surface area contributed by atoms with Crippen LogP contribution >= 0.6 is 11.8 Å². The van der Waals surface area contributed by atoms with Crippen molar-refractivity contribution in [2.24, 2.45) is 0 Å². The zero-order chi connectivity index (χ0) is 13.3. The Morgan fingerprint density at radius 3 is 2.68 bits per heavy atom. The number of nitriles is 1. The number of benzene rings is 1. The molecule has 1 saturated carbocycles. The van der Waals surface area contributed by atoms with E-state index in [4.69, 9.17) is 0 Å². The van der Waals surface area contributed by atoms with Crippen LogP contribution in [0.3, 0.4) is 0 Å². The van der Waals surface area contributed by atoms with E-state index in [1.807, 2.05) is 18.0 Å². The smallest absolute Gasteiger partial charge is 0.127 e. The second-order valence-electron chi connectivity index (χ2n) is 4.80. The number of nitrogens with zero attached hydrogens (tertiary/aromatic N) is 2. The van der Waals surface area contributed by atoms with Crippen LogP contribution < -0.4 is 0 Å². The minimum atomic E-state index is -0.337. The van der Waals surface area contributed by atoms with Crippen LogP contribution in [0.1, 0.15) is 25.6 Å². The lowest BCUT2D eigenvalue weighted by Gasteiger charge is -2.02. The molecule has 2 aromatic rings. The molecule has 1 aromatic carbocycles. The molecule has 1 heterocycles. The number of H-pyrrole nitrogens is 1. The van der Waals surface area contributed by atoms with Gasteiger partial charge in [0, 0.05) is 4.90 Å². The number of nitrogens with one attached hydrogen (secondary N) is 1. The highest BCUT2D eigenvalue weighted by Crippen LogP contribution is 2.46. The molecule has 0 aliphatic heterocycles. The predicted octanol–water partition coefficient (Wildman–Crippen LogP) is 3.74. The first-order valence-corrected chi connectivity index (χ1v) is 7.46. The topological polar surface area (TPSA) is 52.5 Å². The van der Waals surface area contributed by atoms with Crippen molar-refractivity contribution >= 4 is 11.8 Å². The normalized spacial score (nSPS) is 16.0. The van der Waals surface area contributed by atoms with Crippen molar-refractivity contribution in [2.75, 3.05) is 5.75 Å². The molecule has 0 spiro atoms. The Labute approximate surface area is 117 Å². The lowest BCUT2D eigenvalue weighted by Crippen LogP contribution is -2.04. The van der Waals surface area contributed by atoms with Gasteiger partial charge >= 0.3 is 0 Å². The van der Waals surface area contributed by atoms with E-state index in [0.29, 0.717) is 0 Å². The first kappa shape index (κ1) is 12.3. The van der Waals surface area contributed by atoms with Crippen LogP contribution in [0.4, 0.5) is 0 Å². The van der Waals surface area contributed by atoms with Crippen molar-refractivity contribution < 1.29 is 0 Å². The molecular formula is C15H15N3S. The maximum absolute atomic E-state index is 9.17. The van der Waals surface area contributed by atoms with Gasteiger partial charge in [-0.1, -0.05) is 19.1 Å². The Balaban J connectivity index is 1.85. The van der Waals surface area contributed by atoms with Crippen LogP contribution in [0.15, 0.2) is 35.4 Å². The van der Waals surface area contributed by atoms with Gasteiger partial charge < -0.3 is 4.98 Å². The van der Waals surface area contributed by atoms with Crippen molar-refractivity contribution in [1.29, 1.82) is 5.26 Å². The first-order chi connectivity index (χ1) is 9.27. The summed E-state index contributed by atoms with van der Waals surface area (Å²) in [5.41, 5.74) is 1.77. The number of hydrogen-bond donors (Lipinski definition) is 1. The highest BCUT2D eigenvalue weighted by Gasteiger charge is 2.47. The van der Waals surface area contributed by atoms with Crippen molar-refractivity contribution in [2.45, 2.75) is 30.1 Å². The third-order valence-electron chi connectivity index (χ3n) is 3.47. The molecule has 3 rings (SSSR count). The van der Waals surface area contributed by atoms with Crippen molar-refractivity contribution in [3.05, 3.63) is 36.3 Å². The van der Waals surface area contributed by atoms with Gasteiger partial charge in [0.1, 0.15) is 11.2 Å². The van der Waals surface area contributed by atoms with E-state index < -0.39 is 0 Å². The number of imidazole rings is 1. The molecule has 1 aliphatic rings. The highest BCUT2D eigenvalue weighted by molar-refractivity contribution is 7.99. The zero-order valence-corrected chi connectivity index (χ0v) is 11.6. The summed E-state index contributed by atoms with van der Waals surface area (Å²) in [6.45, 7) is 2.15.